The summed E-state index contributed by atoms with van der Waals surface area (Å²) in [5.74, 6) is -0.00497. The largest absolute Gasteiger partial charge is 0.444 e. The van der Waals surface area contributed by atoms with Crippen molar-refractivity contribution in [3.05, 3.63) is 64.7 Å². The van der Waals surface area contributed by atoms with Crippen molar-refractivity contribution in [1.82, 2.24) is 4.90 Å². The van der Waals surface area contributed by atoms with Gasteiger partial charge in [0, 0.05) is 23.8 Å². The summed E-state index contributed by atoms with van der Waals surface area (Å²) in [6.45, 7) is 1.15. The van der Waals surface area contributed by atoms with Gasteiger partial charge < -0.3 is 14.7 Å². The van der Waals surface area contributed by atoms with Crippen molar-refractivity contribution in [2.24, 2.45) is 0 Å². The Hall–Kier alpha value is -2.57. The zero-order chi connectivity index (χ0) is 19.2. The number of likely N-dealkylation sites (tertiary alicyclic amines) is 1. The molecule has 0 spiro atoms. The second kappa shape index (κ2) is 8.88. The van der Waals surface area contributed by atoms with Gasteiger partial charge in [-0.1, -0.05) is 35.9 Å². The van der Waals surface area contributed by atoms with Gasteiger partial charge in [-0.05, 0) is 41.8 Å². The molecule has 0 radical (unpaired) electrons. The van der Waals surface area contributed by atoms with Crippen LogP contribution in [0.5, 0.6) is 0 Å². The Labute approximate surface area is 162 Å². The molecule has 2 aromatic rings. The number of anilines is 1. The van der Waals surface area contributed by atoms with Crippen LogP contribution in [0, 0.1) is 0 Å². The Kier molecular flexibility index (Phi) is 6.32. The Balaban J connectivity index is 1.46. The predicted molar refractivity (Wildman–Crippen MR) is 103 cm³/mol. The number of aliphatic hydroxyl groups excluding tert-OH is 1. The minimum absolute atomic E-state index is 0.00497. The predicted octanol–water partition coefficient (Wildman–Crippen LogP) is 3.22. The monoisotopic (exact) mass is 388 g/mol. The van der Waals surface area contributed by atoms with Crippen LogP contribution in [0.15, 0.2) is 48.5 Å². The normalized spacial score (nSPS) is 16.2. The van der Waals surface area contributed by atoms with Gasteiger partial charge in [0.15, 0.2) is 0 Å². The van der Waals surface area contributed by atoms with Crippen LogP contribution in [0.2, 0.25) is 5.02 Å². The maximum absolute atomic E-state index is 12.2. The average molecular weight is 389 g/mol. The molecule has 2 aromatic carbocycles. The molecule has 3 rings (SSSR count). The number of nitrogens with zero attached hydrogens (tertiary/aromatic N) is 1. The van der Waals surface area contributed by atoms with E-state index in [1.54, 1.807) is 53.4 Å². The first-order valence-electron chi connectivity index (χ1n) is 8.72. The molecule has 6 nitrogen and oxygen atoms in total. The first-order chi connectivity index (χ1) is 13.0. The van der Waals surface area contributed by atoms with E-state index in [0.29, 0.717) is 30.2 Å². The number of aliphatic hydroxyl groups is 1. The van der Waals surface area contributed by atoms with Crippen LogP contribution in [0.25, 0.3) is 0 Å². The Morgan fingerprint density at radius 3 is 2.41 bits per heavy atom. The molecule has 0 aliphatic carbocycles. The maximum Gasteiger partial charge on any atom is 0.411 e. The van der Waals surface area contributed by atoms with E-state index in [0.717, 1.165) is 11.1 Å². The fourth-order valence-electron chi connectivity index (χ4n) is 2.84. The van der Waals surface area contributed by atoms with Crippen molar-refractivity contribution >= 4 is 29.3 Å². The third-order valence-electron chi connectivity index (χ3n) is 4.35. The second-order valence-corrected chi connectivity index (χ2v) is 6.92. The van der Waals surface area contributed by atoms with Gasteiger partial charge in [-0.2, -0.15) is 0 Å². The van der Waals surface area contributed by atoms with Crippen molar-refractivity contribution < 1.29 is 19.4 Å². The molecule has 27 heavy (non-hydrogen) atoms. The summed E-state index contributed by atoms with van der Waals surface area (Å²) >= 11 is 5.81. The van der Waals surface area contributed by atoms with Crippen LogP contribution in [0.4, 0.5) is 10.5 Å². The van der Waals surface area contributed by atoms with Crippen molar-refractivity contribution in [2.75, 3.05) is 18.4 Å². The van der Waals surface area contributed by atoms with E-state index in [1.807, 2.05) is 0 Å². The summed E-state index contributed by atoms with van der Waals surface area (Å²) in [6, 6.07) is 14.1. The van der Waals surface area contributed by atoms with Crippen LogP contribution in [-0.2, 0) is 22.6 Å². The minimum atomic E-state index is -0.556. The fourth-order valence-corrected chi connectivity index (χ4v) is 2.97. The second-order valence-electron chi connectivity index (χ2n) is 6.48. The lowest BCUT2D eigenvalue weighted by Crippen LogP contribution is -2.30. The summed E-state index contributed by atoms with van der Waals surface area (Å²) in [5.41, 5.74) is 2.28. The summed E-state index contributed by atoms with van der Waals surface area (Å²) < 4.78 is 5.17. The molecular formula is C20H21ClN2O4. The van der Waals surface area contributed by atoms with Crippen LogP contribution in [0.3, 0.4) is 0 Å². The number of halogens is 1. The zero-order valence-electron chi connectivity index (χ0n) is 14.7. The molecule has 1 aliphatic heterocycles. The van der Waals surface area contributed by atoms with Crippen molar-refractivity contribution in [2.45, 2.75) is 25.6 Å². The maximum atomic E-state index is 12.2. The van der Waals surface area contributed by atoms with E-state index in [2.05, 4.69) is 5.32 Å². The first-order valence-corrected chi connectivity index (χ1v) is 9.10. The highest BCUT2D eigenvalue weighted by molar-refractivity contribution is 6.30. The van der Waals surface area contributed by atoms with E-state index >= 15 is 0 Å². The molecular weight excluding hydrogens is 368 g/mol. The summed E-state index contributed by atoms with van der Waals surface area (Å²) in [7, 11) is 0. The molecule has 0 bridgehead atoms. The first kappa shape index (κ1) is 19.2. The molecule has 2 amide bonds. The molecule has 1 saturated heterocycles. The third-order valence-corrected chi connectivity index (χ3v) is 4.61. The number of ether oxygens (including phenoxy) is 1. The number of rotatable bonds is 5. The molecule has 1 aliphatic rings. The number of β-amino-alcohol motifs (C(OH)–C–C–N with tert-alkyl or cyclic N) is 1. The highest BCUT2D eigenvalue weighted by Crippen LogP contribution is 2.15. The van der Waals surface area contributed by atoms with E-state index in [-0.39, 0.29) is 18.9 Å². The van der Waals surface area contributed by atoms with Gasteiger partial charge in [0.2, 0.25) is 5.91 Å². The lowest BCUT2D eigenvalue weighted by atomic mass is 10.1. The molecule has 0 unspecified atom stereocenters. The molecule has 1 fully saturated rings. The van der Waals surface area contributed by atoms with Crippen LogP contribution >= 0.6 is 11.6 Å². The van der Waals surface area contributed by atoms with Gasteiger partial charge in [-0.3, -0.25) is 10.1 Å². The van der Waals surface area contributed by atoms with Crippen LogP contribution in [0.1, 0.15) is 17.5 Å². The van der Waals surface area contributed by atoms with Gasteiger partial charge in [-0.25, -0.2) is 4.79 Å². The van der Waals surface area contributed by atoms with E-state index in [1.165, 1.54) is 0 Å². The molecule has 0 saturated carbocycles. The Bertz CT molecular complexity index is 793. The highest BCUT2D eigenvalue weighted by atomic mass is 35.5. The Morgan fingerprint density at radius 1 is 1.11 bits per heavy atom. The van der Waals surface area contributed by atoms with Gasteiger partial charge in [0.05, 0.1) is 12.5 Å². The zero-order valence-corrected chi connectivity index (χ0v) is 15.5. The fraction of sp³-hybridized carbons (Fsp3) is 0.300. The van der Waals surface area contributed by atoms with E-state index in [9.17, 15) is 14.7 Å². The van der Waals surface area contributed by atoms with Crippen molar-refractivity contribution in [3.63, 3.8) is 0 Å². The number of benzene rings is 2. The molecule has 142 valence electrons. The SMILES string of the molecule is O=C(Nc1ccc(CC(=O)N2CC[C@@H](O)C2)cc1)OCc1ccc(Cl)cc1. The van der Waals surface area contributed by atoms with Gasteiger partial charge in [0.1, 0.15) is 6.61 Å². The number of amides is 2. The standard InChI is InChI=1S/C20H21ClN2O4/c21-16-5-1-15(2-6-16)13-27-20(26)22-17-7-3-14(4-8-17)11-19(25)23-10-9-18(24)12-23/h1-8,18,24H,9-13H2,(H,22,26)/t18-/m1/s1. The quantitative estimate of drug-likeness (QED) is 0.824. The molecule has 2 N–H and O–H groups in total. The van der Waals surface area contributed by atoms with Gasteiger partial charge >= 0.3 is 6.09 Å². The molecule has 1 atom stereocenters. The van der Waals surface area contributed by atoms with Crippen LogP contribution < -0.4 is 5.32 Å². The van der Waals surface area contributed by atoms with E-state index in [4.69, 9.17) is 16.3 Å². The van der Waals surface area contributed by atoms with Crippen molar-refractivity contribution in [3.8, 4) is 0 Å². The van der Waals surface area contributed by atoms with Gasteiger partial charge in [-0.15, -0.1) is 0 Å². The smallest absolute Gasteiger partial charge is 0.411 e. The summed E-state index contributed by atoms with van der Waals surface area (Å²) in [5, 5.41) is 12.8. The summed E-state index contributed by atoms with van der Waals surface area (Å²) in [4.78, 5) is 25.7. The van der Waals surface area contributed by atoms with Crippen molar-refractivity contribution in [1.29, 1.82) is 0 Å². The number of carbonyl (C=O) groups is 2. The number of nitrogens with one attached hydrogen (secondary N) is 1. The Morgan fingerprint density at radius 2 is 1.78 bits per heavy atom. The lowest BCUT2D eigenvalue weighted by Gasteiger charge is -2.15. The molecule has 0 aromatic heterocycles. The number of hydrogen-bond acceptors (Lipinski definition) is 4. The number of hydrogen-bond donors (Lipinski definition) is 2. The third kappa shape index (κ3) is 5.70. The van der Waals surface area contributed by atoms with Crippen LogP contribution in [-0.4, -0.2) is 41.2 Å². The highest BCUT2D eigenvalue weighted by Gasteiger charge is 2.24. The van der Waals surface area contributed by atoms with Gasteiger partial charge in [0.25, 0.3) is 0 Å². The minimum Gasteiger partial charge on any atom is -0.444 e. The summed E-state index contributed by atoms with van der Waals surface area (Å²) in [6.07, 6.45) is -0.0694. The molecule has 7 heteroatoms. The number of carbonyl (C=O) groups excluding carboxylic acids is 2. The average Bonchev–Trinajstić information content (AvgIpc) is 3.09. The topological polar surface area (TPSA) is 78.9 Å². The molecule has 1 heterocycles. The lowest BCUT2D eigenvalue weighted by molar-refractivity contribution is -0.129. The van der Waals surface area contributed by atoms with E-state index < -0.39 is 12.2 Å².